The highest BCUT2D eigenvalue weighted by Gasteiger charge is 2.35. The summed E-state index contributed by atoms with van der Waals surface area (Å²) < 4.78 is 35.7. The number of hydrogen-bond acceptors (Lipinski definition) is 6. The highest BCUT2D eigenvalue weighted by atomic mass is 32.2. The molecule has 0 saturated heterocycles. The van der Waals surface area contributed by atoms with Crippen molar-refractivity contribution in [2.24, 2.45) is 0 Å². The predicted molar refractivity (Wildman–Crippen MR) is 189 cm³/mol. The van der Waals surface area contributed by atoms with Crippen LogP contribution in [0, 0.1) is 6.92 Å². The van der Waals surface area contributed by atoms with Gasteiger partial charge in [0.1, 0.15) is 18.3 Å². The molecular weight excluding hydrogens is 631 g/mol. The van der Waals surface area contributed by atoms with Crippen LogP contribution < -0.4 is 14.4 Å². The number of carbonyl (C=O) groups is 2. The van der Waals surface area contributed by atoms with Gasteiger partial charge in [-0.25, -0.2) is 8.42 Å². The van der Waals surface area contributed by atoms with E-state index in [1.54, 1.807) is 48.5 Å². The summed E-state index contributed by atoms with van der Waals surface area (Å²) in [5, 5.41) is 2.98. The molecule has 0 aliphatic rings. The van der Waals surface area contributed by atoms with E-state index in [4.69, 9.17) is 4.74 Å². The molecule has 8 nitrogen and oxygen atoms in total. The van der Waals surface area contributed by atoms with Crippen LogP contribution in [0.25, 0.3) is 0 Å². The average Bonchev–Trinajstić information content (AvgIpc) is 3.06. The fraction of sp³-hybridized carbons (Fsp3) is 0.297. The fourth-order valence-electron chi connectivity index (χ4n) is 5.15. The number of nitrogens with zero attached hydrogens (tertiary/aromatic N) is 2. The summed E-state index contributed by atoms with van der Waals surface area (Å²) in [5.41, 5.74) is 2.98. The first kappa shape index (κ1) is 35.6. The number of rotatable bonds is 15. The minimum absolute atomic E-state index is 0.0397. The summed E-state index contributed by atoms with van der Waals surface area (Å²) in [6.07, 6.45) is 2.16. The van der Waals surface area contributed by atoms with E-state index in [9.17, 15) is 18.0 Å². The van der Waals surface area contributed by atoms with E-state index in [-0.39, 0.29) is 35.5 Å². The maximum Gasteiger partial charge on any atom is 0.264 e. The third-order valence-electron chi connectivity index (χ3n) is 7.54. The number of anilines is 1. The van der Waals surface area contributed by atoms with E-state index in [0.717, 1.165) is 25.9 Å². The smallest absolute Gasteiger partial charge is 0.264 e. The number of nitrogens with one attached hydrogen (secondary N) is 1. The van der Waals surface area contributed by atoms with Crippen LogP contribution in [0.3, 0.4) is 0 Å². The standard InChI is InChI=1S/C37H43N3O5S2/c1-6-45-35-15-11-10-14-33(35)40(47(43,44)32-22-20-31(46-5)21-23-32)26-36(41)39(25-30-18-16-28(4)17-19-30)34(37(42)38-27(2)3)24-29-12-8-7-9-13-29/h7-23,27,34H,6,24-26H2,1-5H3,(H,38,42)/t34-/m1/s1. The Kier molecular flexibility index (Phi) is 12.5. The van der Waals surface area contributed by atoms with Gasteiger partial charge in [-0.05, 0) is 81.5 Å². The topological polar surface area (TPSA) is 96.0 Å². The molecule has 4 aromatic carbocycles. The van der Waals surface area contributed by atoms with Crippen molar-refractivity contribution in [2.75, 3.05) is 23.7 Å². The Bertz CT molecular complexity index is 1730. The van der Waals surface area contributed by atoms with Crippen LogP contribution in [0.15, 0.2) is 113 Å². The van der Waals surface area contributed by atoms with Gasteiger partial charge >= 0.3 is 0 Å². The zero-order valence-corrected chi connectivity index (χ0v) is 29.2. The number of benzene rings is 4. The van der Waals surface area contributed by atoms with Gasteiger partial charge in [0.05, 0.1) is 17.2 Å². The molecule has 0 saturated carbocycles. The van der Waals surface area contributed by atoms with Crippen LogP contribution in [-0.2, 0) is 32.6 Å². The van der Waals surface area contributed by atoms with E-state index < -0.39 is 28.5 Å². The SMILES string of the molecule is CCOc1ccccc1N(CC(=O)N(Cc1ccc(C)cc1)[C@H](Cc1ccccc1)C(=O)NC(C)C)S(=O)(=O)c1ccc(SC)cc1. The van der Waals surface area contributed by atoms with Crippen LogP contribution in [0.4, 0.5) is 5.69 Å². The lowest BCUT2D eigenvalue weighted by atomic mass is 10.0. The monoisotopic (exact) mass is 673 g/mol. The summed E-state index contributed by atoms with van der Waals surface area (Å²) in [6.45, 7) is 7.37. The van der Waals surface area contributed by atoms with Crippen LogP contribution in [0.2, 0.25) is 0 Å². The predicted octanol–water partition coefficient (Wildman–Crippen LogP) is 6.48. The summed E-state index contributed by atoms with van der Waals surface area (Å²) in [4.78, 5) is 31.0. The molecule has 0 fully saturated rings. The summed E-state index contributed by atoms with van der Waals surface area (Å²) in [6, 6.07) is 29.5. The van der Waals surface area contributed by atoms with Crippen molar-refractivity contribution in [2.45, 2.75) is 62.5 Å². The minimum atomic E-state index is -4.25. The quantitative estimate of drug-likeness (QED) is 0.145. The Morgan fingerprint density at radius 3 is 2.11 bits per heavy atom. The summed E-state index contributed by atoms with van der Waals surface area (Å²) in [7, 11) is -4.25. The Hall–Kier alpha value is -4.28. The Labute approximate surface area is 283 Å². The molecule has 0 radical (unpaired) electrons. The first-order chi connectivity index (χ1) is 22.5. The van der Waals surface area contributed by atoms with E-state index in [1.807, 2.05) is 88.5 Å². The van der Waals surface area contributed by atoms with Gasteiger partial charge in [0.15, 0.2) is 0 Å². The number of ether oxygens (including phenoxy) is 1. The molecule has 0 aliphatic carbocycles. The van der Waals surface area contributed by atoms with Crippen LogP contribution in [-0.4, -0.2) is 56.6 Å². The van der Waals surface area contributed by atoms with Crippen molar-refractivity contribution in [3.8, 4) is 5.75 Å². The molecule has 10 heteroatoms. The lowest BCUT2D eigenvalue weighted by Gasteiger charge is -2.34. The first-order valence-corrected chi connectivity index (χ1v) is 18.3. The lowest BCUT2D eigenvalue weighted by molar-refractivity contribution is -0.140. The van der Waals surface area contributed by atoms with E-state index in [1.165, 1.54) is 16.7 Å². The second-order valence-corrected chi connectivity index (χ2v) is 14.2. The molecular formula is C37H43N3O5S2. The normalized spacial score (nSPS) is 12.0. The van der Waals surface area contributed by atoms with Crippen LogP contribution in [0.1, 0.15) is 37.5 Å². The summed E-state index contributed by atoms with van der Waals surface area (Å²) in [5.74, 6) is -0.516. The van der Waals surface area contributed by atoms with Gasteiger partial charge in [0.25, 0.3) is 10.0 Å². The molecule has 0 bridgehead atoms. The van der Waals surface area contributed by atoms with Crippen molar-refractivity contribution in [1.82, 2.24) is 10.2 Å². The van der Waals surface area contributed by atoms with E-state index in [2.05, 4.69) is 5.32 Å². The van der Waals surface area contributed by atoms with Crippen molar-refractivity contribution in [3.05, 3.63) is 120 Å². The minimum Gasteiger partial charge on any atom is -0.492 e. The molecule has 0 aliphatic heterocycles. The molecule has 47 heavy (non-hydrogen) atoms. The average molecular weight is 674 g/mol. The van der Waals surface area contributed by atoms with Gasteiger partial charge in [-0.15, -0.1) is 11.8 Å². The molecule has 0 aromatic heterocycles. The number of hydrogen-bond donors (Lipinski definition) is 1. The molecule has 1 atom stereocenters. The number of para-hydroxylation sites is 2. The highest BCUT2D eigenvalue weighted by Crippen LogP contribution is 2.33. The van der Waals surface area contributed by atoms with Crippen molar-refractivity contribution in [1.29, 1.82) is 0 Å². The molecule has 4 rings (SSSR count). The first-order valence-electron chi connectivity index (χ1n) is 15.6. The molecule has 4 aromatic rings. The Morgan fingerprint density at radius 2 is 1.49 bits per heavy atom. The Morgan fingerprint density at radius 1 is 0.851 bits per heavy atom. The van der Waals surface area contributed by atoms with E-state index >= 15 is 0 Å². The van der Waals surface area contributed by atoms with Gasteiger partial charge in [0, 0.05) is 23.9 Å². The lowest BCUT2D eigenvalue weighted by Crippen LogP contribution is -2.54. The number of carbonyl (C=O) groups excluding carboxylic acids is 2. The number of thioether (sulfide) groups is 1. The summed E-state index contributed by atoms with van der Waals surface area (Å²) >= 11 is 1.50. The van der Waals surface area contributed by atoms with Crippen molar-refractivity contribution >= 4 is 39.3 Å². The van der Waals surface area contributed by atoms with Gasteiger partial charge in [-0.1, -0.05) is 72.3 Å². The molecule has 248 valence electrons. The largest absolute Gasteiger partial charge is 0.492 e. The van der Waals surface area contributed by atoms with Gasteiger partial charge in [-0.3, -0.25) is 13.9 Å². The van der Waals surface area contributed by atoms with Crippen LogP contribution in [0.5, 0.6) is 5.75 Å². The zero-order chi connectivity index (χ0) is 34.0. The van der Waals surface area contributed by atoms with Gasteiger partial charge in [0.2, 0.25) is 11.8 Å². The molecule has 0 unspecified atom stereocenters. The van der Waals surface area contributed by atoms with Crippen molar-refractivity contribution < 1.29 is 22.7 Å². The van der Waals surface area contributed by atoms with Gasteiger partial charge < -0.3 is 15.0 Å². The number of sulfonamides is 1. The third-order valence-corrected chi connectivity index (χ3v) is 10.1. The van der Waals surface area contributed by atoms with Gasteiger partial charge in [-0.2, -0.15) is 0 Å². The maximum atomic E-state index is 14.7. The second-order valence-electron chi connectivity index (χ2n) is 11.5. The van der Waals surface area contributed by atoms with E-state index in [0.29, 0.717) is 12.4 Å². The third kappa shape index (κ3) is 9.39. The molecule has 1 N–H and O–H groups in total. The number of aryl methyl sites for hydroxylation is 1. The zero-order valence-electron chi connectivity index (χ0n) is 27.6. The fourth-order valence-corrected chi connectivity index (χ4v) is 6.99. The number of amides is 2. The van der Waals surface area contributed by atoms with Crippen molar-refractivity contribution in [3.63, 3.8) is 0 Å². The maximum absolute atomic E-state index is 14.7. The molecule has 0 heterocycles. The highest BCUT2D eigenvalue weighted by molar-refractivity contribution is 7.98. The molecule has 0 spiro atoms. The Balaban J connectivity index is 1.84. The second kappa shape index (κ2) is 16.5. The van der Waals surface area contributed by atoms with Crippen LogP contribution >= 0.6 is 11.8 Å². The molecule has 2 amide bonds.